The van der Waals surface area contributed by atoms with E-state index in [9.17, 15) is 9.90 Å². The van der Waals surface area contributed by atoms with E-state index in [1.165, 1.54) is 5.06 Å². The number of carbonyl (C=O) groups is 1. The number of unbranched alkanes of at least 4 members (excludes halogenated alkanes) is 1. The van der Waals surface area contributed by atoms with E-state index >= 15 is 0 Å². The molecule has 0 radical (unpaired) electrons. The van der Waals surface area contributed by atoms with Crippen LogP contribution in [0.3, 0.4) is 0 Å². The topological polar surface area (TPSA) is 49.8 Å². The summed E-state index contributed by atoms with van der Waals surface area (Å²) in [7, 11) is 0. The molecule has 0 spiro atoms. The zero-order valence-corrected chi connectivity index (χ0v) is 9.19. The van der Waals surface area contributed by atoms with E-state index in [4.69, 9.17) is 4.84 Å². The van der Waals surface area contributed by atoms with Gasteiger partial charge in [-0.05, 0) is 25.7 Å². The first-order valence-corrected chi connectivity index (χ1v) is 5.90. The molecule has 0 unspecified atom stereocenters. The van der Waals surface area contributed by atoms with E-state index in [-0.39, 0.29) is 18.1 Å². The molecule has 0 aromatic carbocycles. The summed E-state index contributed by atoms with van der Waals surface area (Å²) in [5.74, 6) is -0.240. The van der Waals surface area contributed by atoms with Crippen LogP contribution < -0.4 is 0 Å². The molecule has 2 fully saturated rings. The molecule has 1 aliphatic heterocycles. The Morgan fingerprint density at radius 3 is 2.93 bits per heavy atom. The van der Waals surface area contributed by atoms with E-state index < -0.39 is 6.10 Å². The molecule has 15 heavy (non-hydrogen) atoms. The first kappa shape index (κ1) is 10.9. The van der Waals surface area contributed by atoms with Crippen molar-refractivity contribution in [3.8, 4) is 0 Å². The molecule has 0 aromatic heterocycles. The lowest BCUT2D eigenvalue weighted by molar-refractivity contribution is -0.206. The fourth-order valence-corrected chi connectivity index (χ4v) is 2.37. The molecule has 1 saturated heterocycles. The van der Waals surface area contributed by atoms with E-state index in [0.29, 0.717) is 6.42 Å². The van der Waals surface area contributed by atoms with Crippen LogP contribution >= 0.6 is 0 Å². The number of carbonyl (C=O) groups excluding carboxylic acids is 1. The normalized spacial score (nSPS) is 30.9. The first-order valence-electron chi connectivity index (χ1n) is 5.90. The second-order valence-corrected chi connectivity index (χ2v) is 4.52. The van der Waals surface area contributed by atoms with Gasteiger partial charge in [-0.2, -0.15) is 0 Å². The van der Waals surface area contributed by atoms with Crippen LogP contribution in [0, 0.1) is 0 Å². The molecule has 2 aliphatic rings. The van der Waals surface area contributed by atoms with Crippen molar-refractivity contribution in [1.29, 1.82) is 0 Å². The minimum absolute atomic E-state index is 0.220. The molecule has 1 heterocycles. The minimum atomic E-state index is -0.871. The molecule has 86 valence electrons. The fraction of sp³-hybridized carbons (Fsp3) is 0.909. The summed E-state index contributed by atoms with van der Waals surface area (Å²) < 4.78 is 0. The van der Waals surface area contributed by atoms with Crippen LogP contribution in [0.15, 0.2) is 0 Å². The lowest BCUT2D eigenvalue weighted by atomic mass is 10.1. The van der Waals surface area contributed by atoms with Gasteiger partial charge in [-0.15, -0.1) is 0 Å². The number of amides is 1. The Morgan fingerprint density at radius 2 is 2.40 bits per heavy atom. The van der Waals surface area contributed by atoms with Gasteiger partial charge in [0.05, 0.1) is 12.1 Å². The van der Waals surface area contributed by atoms with Crippen molar-refractivity contribution in [2.45, 2.75) is 63.7 Å². The Bertz CT molecular complexity index is 244. The molecule has 3 atom stereocenters. The van der Waals surface area contributed by atoms with Crippen LogP contribution in [0.5, 0.6) is 0 Å². The van der Waals surface area contributed by atoms with Crippen LogP contribution in [0.4, 0.5) is 0 Å². The Morgan fingerprint density at radius 1 is 1.60 bits per heavy atom. The molecule has 4 nitrogen and oxygen atoms in total. The highest BCUT2D eigenvalue weighted by Crippen LogP contribution is 2.35. The average Bonchev–Trinajstić information content (AvgIpc) is 2.86. The van der Waals surface area contributed by atoms with Gasteiger partial charge in [0.1, 0.15) is 6.10 Å². The number of hydrogen-bond donors (Lipinski definition) is 1. The molecular weight excluding hydrogens is 194 g/mol. The molecule has 4 heteroatoms. The van der Waals surface area contributed by atoms with E-state index in [1.807, 2.05) is 6.92 Å². The zero-order chi connectivity index (χ0) is 10.8. The van der Waals surface area contributed by atoms with Gasteiger partial charge >= 0.3 is 0 Å². The fourth-order valence-electron chi connectivity index (χ4n) is 2.37. The maximum absolute atomic E-state index is 11.8. The second-order valence-electron chi connectivity index (χ2n) is 4.52. The highest BCUT2D eigenvalue weighted by atomic mass is 16.7. The SMILES string of the molecule is CCCC[C@@H](O)C(=O)N1O[C@@H]2CC[C@H]1C2. The summed E-state index contributed by atoms with van der Waals surface area (Å²) in [6.45, 7) is 2.05. The van der Waals surface area contributed by atoms with Crippen LogP contribution in [0.2, 0.25) is 0 Å². The van der Waals surface area contributed by atoms with Crippen molar-refractivity contribution >= 4 is 5.91 Å². The van der Waals surface area contributed by atoms with Gasteiger partial charge in [-0.1, -0.05) is 19.8 Å². The maximum atomic E-state index is 11.8. The molecule has 2 rings (SSSR count). The van der Waals surface area contributed by atoms with Crippen LogP contribution in [0.25, 0.3) is 0 Å². The number of hydrogen-bond acceptors (Lipinski definition) is 3. The third-order valence-electron chi connectivity index (χ3n) is 3.28. The molecule has 1 saturated carbocycles. The number of hydroxylamine groups is 2. The van der Waals surface area contributed by atoms with Gasteiger partial charge in [0, 0.05) is 0 Å². The van der Waals surface area contributed by atoms with Crippen molar-refractivity contribution in [1.82, 2.24) is 5.06 Å². The Hall–Kier alpha value is -0.610. The summed E-state index contributed by atoms with van der Waals surface area (Å²) in [5.41, 5.74) is 0. The van der Waals surface area contributed by atoms with Gasteiger partial charge in [-0.25, -0.2) is 5.06 Å². The van der Waals surface area contributed by atoms with Gasteiger partial charge in [-0.3, -0.25) is 9.63 Å². The summed E-state index contributed by atoms with van der Waals surface area (Å²) >= 11 is 0. The van der Waals surface area contributed by atoms with Gasteiger partial charge in [0.15, 0.2) is 0 Å². The molecule has 0 aromatic rings. The van der Waals surface area contributed by atoms with Crippen molar-refractivity contribution in [3.05, 3.63) is 0 Å². The van der Waals surface area contributed by atoms with E-state index in [0.717, 1.165) is 32.1 Å². The van der Waals surface area contributed by atoms with Crippen LogP contribution in [-0.4, -0.2) is 34.3 Å². The second kappa shape index (κ2) is 4.49. The van der Waals surface area contributed by atoms with Gasteiger partial charge in [0.2, 0.25) is 0 Å². The summed E-state index contributed by atoms with van der Waals surface area (Å²) in [6.07, 6.45) is 4.81. The lowest BCUT2D eigenvalue weighted by Crippen LogP contribution is -2.42. The van der Waals surface area contributed by atoms with Crippen molar-refractivity contribution in [2.24, 2.45) is 0 Å². The predicted octanol–water partition coefficient (Wildman–Crippen LogP) is 1.23. The number of fused-ring (bicyclic) bond motifs is 2. The monoisotopic (exact) mass is 213 g/mol. The van der Waals surface area contributed by atoms with Crippen molar-refractivity contribution in [2.75, 3.05) is 0 Å². The average molecular weight is 213 g/mol. The molecule has 1 aliphatic carbocycles. The smallest absolute Gasteiger partial charge is 0.275 e. The van der Waals surface area contributed by atoms with Gasteiger partial charge in [0.25, 0.3) is 5.91 Å². The van der Waals surface area contributed by atoms with E-state index in [1.54, 1.807) is 0 Å². The van der Waals surface area contributed by atoms with Gasteiger partial charge < -0.3 is 5.11 Å². The van der Waals surface area contributed by atoms with Crippen LogP contribution in [-0.2, 0) is 9.63 Å². The summed E-state index contributed by atoms with van der Waals surface area (Å²) in [6, 6.07) is 0.221. The number of aliphatic hydroxyl groups is 1. The number of nitrogens with zero attached hydrogens (tertiary/aromatic N) is 1. The first-order chi connectivity index (χ1) is 7.22. The van der Waals surface area contributed by atoms with Crippen molar-refractivity contribution < 1.29 is 14.7 Å². The number of rotatable bonds is 4. The standard InChI is InChI=1S/C11H19NO3/c1-2-3-4-10(13)11(14)12-8-5-6-9(7-8)15-12/h8-10,13H,2-7H2,1H3/t8-,9+,10+/m0/s1. The van der Waals surface area contributed by atoms with Crippen LogP contribution in [0.1, 0.15) is 45.4 Å². The highest BCUT2D eigenvalue weighted by Gasteiger charge is 2.43. The Labute approximate surface area is 90.2 Å². The summed E-state index contributed by atoms with van der Waals surface area (Å²) in [5, 5.41) is 11.1. The molecule has 2 bridgehead atoms. The number of aliphatic hydroxyl groups excluding tert-OH is 1. The lowest BCUT2D eigenvalue weighted by Gasteiger charge is -2.27. The summed E-state index contributed by atoms with van der Waals surface area (Å²) in [4.78, 5) is 17.2. The molecule has 1 amide bonds. The third kappa shape index (κ3) is 2.16. The Kier molecular flexibility index (Phi) is 3.26. The molecular formula is C11H19NO3. The van der Waals surface area contributed by atoms with E-state index in [2.05, 4.69) is 0 Å². The highest BCUT2D eigenvalue weighted by molar-refractivity contribution is 5.80. The maximum Gasteiger partial charge on any atom is 0.275 e. The zero-order valence-electron chi connectivity index (χ0n) is 9.19. The minimum Gasteiger partial charge on any atom is -0.383 e. The van der Waals surface area contributed by atoms with Crippen molar-refractivity contribution in [3.63, 3.8) is 0 Å². The quantitative estimate of drug-likeness (QED) is 0.764. The largest absolute Gasteiger partial charge is 0.383 e. The third-order valence-corrected chi connectivity index (χ3v) is 3.28. The predicted molar refractivity (Wildman–Crippen MR) is 54.9 cm³/mol. The molecule has 1 N–H and O–H groups in total. The Balaban J connectivity index is 1.85.